The average molecular weight is 851 g/mol. The van der Waals surface area contributed by atoms with E-state index in [0.717, 1.165) is 131 Å². The Morgan fingerprint density at radius 3 is 1.56 bits per heavy atom. The molecule has 332 valence electrons. The second-order valence-electron chi connectivity index (χ2n) is 18.8. The molecule has 10 rings (SSSR count). The molecule has 10 nitrogen and oxygen atoms in total. The molecule has 0 saturated carbocycles. The van der Waals surface area contributed by atoms with Crippen molar-refractivity contribution in [1.29, 1.82) is 0 Å². The molecule has 63 heavy (non-hydrogen) atoms. The van der Waals surface area contributed by atoms with Crippen LogP contribution in [0, 0.1) is 0 Å². The SMILES string of the molecule is O=C(c1ccc(CNCc2cc3cc4c(cc3n(CCN3CCCCC3)c2=O)CCC4)cc1)N1CCCCC1.O=Cc1cc2cc3c(cc2n(CCN2CCCCC2)c1=O)CCC3. The van der Waals surface area contributed by atoms with Crippen LogP contribution in [0.4, 0.5) is 0 Å². The van der Waals surface area contributed by atoms with Gasteiger partial charge in [0.2, 0.25) is 0 Å². The Balaban J connectivity index is 0.000000179. The number of piperidine rings is 3. The highest BCUT2D eigenvalue weighted by molar-refractivity contribution is 5.94. The fraction of sp³-hybridized carbons (Fsp3) is 0.509. The summed E-state index contributed by atoms with van der Waals surface area (Å²) in [6.07, 6.45) is 18.6. The molecular weight excluding hydrogens is 785 g/mol. The third kappa shape index (κ3) is 10.1. The van der Waals surface area contributed by atoms with Gasteiger partial charge in [-0.25, -0.2) is 0 Å². The predicted octanol–water partition coefficient (Wildman–Crippen LogP) is 7.68. The first-order chi connectivity index (χ1) is 30.9. The Morgan fingerprint density at radius 1 is 0.524 bits per heavy atom. The smallest absolute Gasteiger partial charge is 0.261 e. The van der Waals surface area contributed by atoms with Gasteiger partial charge in [0.1, 0.15) is 0 Å². The van der Waals surface area contributed by atoms with Crippen LogP contribution in [0.5, 0.6) is 0 Å². The molecule has 2 aliphatic carbocycles. The summed E-state index contributed by atoms with van der Waals surface area (Å²) in [5.41, 5.74) is 10.7. The lowest BCUT2D eigenvalue weighted by atomic mass is 10.0. The number of carbonyl (C=O) groups excluding carboxylic acids is 2. The van der Waals surface area contributed by atoms with Gasteiger partial charge in [-0.3, -0.25) is 19.2 Å². The van der Waals surface area contributed by atoms with Crippen LogP contribution in [0.15, 0.2) is 70.3 Å². The number of aromatic nitrogens is 2. The van der Waals surface area contributed by atoms with Crippen molar-refractivity contribution in [2.75, 3.05) is 52.4 Å². The summed E-state index contributed by atoms with van der Waals surface area (Å²) in [5, 5.41) is 5.71. The highest BCUT2D eigenvalue weighted by Gasteiger charge is 2.21. The van der Waals surface area contributed by atoms with Gasteiger partial charge in [-0.1, -0.05) is 25.0 Å². The number of benzene rings is 3. The molecule has 1 N–H and O–H groups in total. The van der Waals surface area contributed by atoms with Crippen molar-refractivity contribution in [2.24, 2.45) is 0 Å². The Morgan fingerprint density at radius 2 is 1.02 bits per heavy atom. The molecule has 2 aromatic heterocycles. The average Bonchev–Trinajstić information content (AvgIpc) is 4.00. The molecule has 10 heteroatoms. The van der Waals surface area contributed by atoms with Crippen LogP contribution in [0.2, 0.25) is 0 Å². The van der Waals surface area contributed by atoms with Gasteiger partial charge < -0.3 is 29.2 Å². The molecule has 3 aliphatic heterocycles. The van der Waals surface area contributed by atoms with Crippen LogP contribution in [0.1, 0.15) is 125 Å². The van der Waals surface area contributed by atoms with Gasteiger partial charge >= 0.3 is 0 Å². The third-order valence-electron chi connectivity index (χ3n) is 14.5. The number of hydrogen-bond donors (Lipinski definition) is 1. The Labute approximate surface area is 372 Å². The van der Waals surface area contributed by atoms with E-state index in [1.54, 1.807) is 6.07 Å². The first-order valence-corrected chi connectivity index (χ1v) is 24.3. The Hall–Kier alpha value is -4.90. The molecule has 5 aromatic rings. The number of carbonyl (C=O) groups is 2. The number of nitrogens with zero attached hydrogens (tertiary/aromatic N) is 5. The first kappa shape index (κ1) is 43.4. The Bertz CT molecular complexity index is 2540. The van der Waals surface area contributed by atoms with Gasteiger partial charge in [-0.15, -0.1) is 0 Å². The fourth-order valence-electron chi connectivity index (χ4n) is 10.9. The summed E-state index contributed by atoms with van der Waals surface area (Å²) in [6, 6.07) is 20.8. The Kier molecular flexibility index (Phi) is 14.0. The maximum Gasteiger partial charge on any atom is 0.261 e. The maximum absolute atomic E-state index is 13.7. The van der Waals surface area contributed by atoms with E-state index in [9.17, 15) is 19.2 Å². The largest absolute Gasteiger partial charge is 0.339 e. The fourth-order valence-corrected chi connectivity index (χ4v) is 10.9. The molecule has 0 bridgehead atoms. The van der Waals surface area contributed by atoms with Gasteiger partial charge in [0.15, 0.2) is 6.29 Å². The quantitative estimate of drug-likeness (QED) is 0.129. The van der Waals surface area contributed by atoms with Crippen molar-refractivity contribution in [3.8, 4) is 0 Å². The lowest BCUT2D eigenvalue weighted by Gasteiger charge is -2.27. The van der Waals surface area contributed by atoms with Crippen LogP contribution in [0.3, 0.4) is 0 Å². The van der Waals surface area contributed by atoms with Crippen LogP contribution in [-0.4, -0.2) is 88.4 Å². The number of rotatable bonds is 12. The van der Waals surface area contributed by atoms with E-state index < -0.39 is 0 Å². The van der Waals surface area contributed by atoms with Crippen molar-refractivity contribution in [1.82, 2.24) is 29.2 Å². The van der Waals surface area contributed by atoms with Crippen LogP contribution >= 0.6 is 0 Å². The van der Waals surface area contributed by atoms with E-state index in [4.69, 9.17) is 0 Å². The van der Waals surface area contributed by atoms with Gasteiger partial charge in [0.25, 0.3) is 17.0 Å². The monoisotopic (exact) mass is 851 g/mol. The molecular formula is C53H66N6O4. The summed E-state index contributed by atoms with van der Waals surface area (Å²) < 4.78 is 3.87. The van der Waals surface area contributed by atoms with Crippen molar-refractivity contribution >= 4 is 34.0 Å². The van der Waals surface area contributed by atoms with Crippen LogP contribution in [-0.2, 0) is 51.9 Å². The van der Waals surface area contributed by atoms with Crippen LogP contribution < -0.4 is 16.4 Å². The van der Waals surface area contributed by atoms with Gasteiger partial charge in [-0.05, 0) is 197 Å². The minimum Gasteiger partial charge on any atom is -0.339 e. The number of aryl methyl sites for hydroxylation is 4. The summed E-state index contributed by atoms with van der Waals surface area (Å²) in [5.74, 6) is 0.141. The molecule has 3 aromatic carbocycles. The standard InChI is InChI=1S/C33H42N4O2.C20H24N2O2/c38-32(36-16-5-2-6-17-36)26-12-10-25(11-13-26)23-34-24-30-21-29-20-27-8-7-9-28(27)22-31(29)37(33(30)39)19-18-35-14-3-1-4-15-35;23-14-18-12-17-11-15-5-4-6-16(15)13-19(17)22(20(18)24)10-9-21-7-2-1-3-8-21/h10-13,20-22,34H,1-9,14-19,23-24H2;11-14H,1-10H2. The molecule has 1 amide bonds. The van der Waals surface area contributed by atoms with Crippen LogP contribution in [0.25, 0.3) is 21.8 Å². The molecule has 5 aliphatic rings. The van der Waals surface area contributed by atoms with Gasteiger partial charge in [-0.2, -0.15) is 0 Å². The zero-order valence-electron chi connectivity index (χ0n) is 37.3. The van der Waals surface area contributed by atoms with Gasteiger partial charge in [0, 0.05) is 63.5 Å². The minimum absolute atomic E-state index is 0.132. The topological polar surface area (TPSA) is 99.9 Å². The predicted molar refractivity (Wildman–Crippen MR) is 253 cm³/mol. The van der Waals surface area contributed by atoms with E-state index in [0.29, 0.717) is 25.9 Å². The number of hydrogen-bond acceptors (Lipinski definition) is 7. The van der Waals surface area contributed by atoms with Crippen molar-refractivity contribution in [3.05, 3.63) is 126 Å². The molecule has 3 fully saturated rings. The molecule has 3 saturated heterocycles. The molecule has 0 unspecified atom stereocenters. The van der Waals surface area contributed by atoms with E-state index in [2.05, 4.69) is 45.4 Å². The number of nitrogens with one attached hydrogen (secondary N) is 1. The zero-order chi connectivity index (χ0) is 43.1. The van der Waals surface area contributed by atoms with Crippen molar-refractivity contribution in [2.45, 2.75) is 122 Å². The van der Waals surface area contributed by atoms with Gasteiger partial charge in [0.05, 0.1) is 16.6 Å². The summed E-state index contributed by atoms with van der Waals surface area (Å²) >= 11 is 0. The number of likely N-dealkylation sites (tertiary alicyclic amines) is 3. The normalized spacial score (nSPS) is 18.0. The highest BCUT2D eigenvalue weighted by atomic mass is 16.2. The third-order valence-corrected chi connectivity index (χ3v) is 14.5. The van der Waals surface area contributed by atoms with E-state index in [1.807, 2.05) is 38.3 Å². The molecule has 0 radical (unpaired) electrons. The summed E-state index contributed by atoms with van der Waals surface area (Å²) in [7, 11) is 0. The molecule has 0 atom stereocenters. The number of aldehydes is 1. The lowest BCUT2D eigenvalue weighted by molar-refractivity contribution is 0.0724. The second-order valence-corrected chi connectivity index (χ2v) is 18.8. The molecule has 0 spiro atoms. The zero-order valence-corrected chi connectivity index (χ0v) is 37.3. The number of amides is 1. The van der Waals surface area contributed by atoms with Crippen molar-refractivity contribution in [3.63, 3.8) is 0 Å². The second kappa shape index (κ2) is 20.3. The van der Waals surface area contributed by atoms with E-state index >= 15 is 0 Å². The number of fused-ring (bicyclic) bond motifs is 4. The first-order valence-electron chi connectivity index (χ1n) is 24.3. The highest BCUT2D eigenvalue weighted by Crippen LogP contribution is 2.29. The number of pyridine rings is 2. The summed E-state index contributed by atoms with van der Waals surface area (Å²) in [6.45, 7) is 10.7. The minimum atomic E-state index is -0.146. The van der Waals surface area contributed by atoms with Crippen molar-refractivity contribution < 1.29 is 9.59 Å². The van der Waals surface area contributed by atoms with E-state index in [1.165, 1.54) is 85.4 Å². The lowest BCUT2D eigenvalue weighted by Crippen LogP contribution is -2.36. The summed E-state index contributed by atoms with van der Waals surface area (Å²) in [4.78, 5) is 57.5. The van der Waals surface area contributed by atoms with E-state index in [-0.39, 0.29) is 22.6 Å². The molecule has 5 heterocycles. The maximum atomic E-state index is 13.7.